The summed E-state index contributed by atoms with van der Waals surface area (Å²) in [4.78, 5) is 27.4. The Hall–Kier alpha value is -2.21. The number of aromatic nitrogens is 1. The van der Waals surface area contributed by atoms with Crippen LogP contribution in [-0.4, -0.2) is 23.3 Å². The number of hydrogen-bond donors (Lipinski definition) is 2. The Morgan fingerprint density at radius 1 is 1.45 bits per heavy atom. The fourth-order valence-corrected chi connectivity index (χ4v) is 2.74. The number of nitrogens with zero attached hydrogens (tertiary/aromatic N) is 1. The molecule has 2 heterocycles. The second kappa shape index (κ2) is 5.42. The molecule has 0 atom stereocenters. The summed E-state index contributed by atoms with van der Waals surface area (Å²) < 4.78 is 0. The summed E-state index contributed by atoms with van der Waals surface area (Å²) >= 11 is 1.58. The topological polar surface area (TPSA) is 71.1 Å². The predicted molar refractivity (Wildman–Crippen MR) is 76.9 cm³/mol. The number of amides is 2. The van der Waals surface area contributed by atoms with Gasteiger partial charge in [0.15, 0.2) is 0 Å². The molecule has 20 heavy (non-hydrogen) atoms. The van der Waals surface area contributed by atoms with E-state index in [2.05, 4.69) is 15.6 Å². The fraction of sp³-hybridized carbons (Fsp3) is 0.214. The maximum absolute atomic E-state index is 12.0. The number of carbonyl (C=O) groups is 2. The molecule has 2 aromatic rings. The Bertz CT molecular complexity index is 652. The molecule has 1 aromatic heterocycles. The van der Waals surface area contributed by atoms with Crippen molar-refractivity contribution in [3.8, 4) is 0 Å². The molecule has 0 saturated carbocycles. The van der Waals surface area contributed by atoms with Crippen molar-refractivity contribution in [1.82, 2.24) is 10.3 Å². The largest absolute Gasteiger partial charge is 0.352 e. The first kappa shape index (κ1) is 12.8. The molecule has 0 spiro atoms. The summed E-state index contributed by atoms with van der Waals surface area (Å²) in [5, 5.41) is 8.52. The highest BCUT2D eigenvalue weighted by Crippen LogP contribution is 2.23. The van der Waals surface area contributed by atoms with Crippen LogP contribution >= 0.6 is 11.3 Å². The molecule has 0 bridgehead atoms. The van der Waals surface area contributed by atoms with Crippen LogP contribution in [0.3, 0.4) is 0 Å². The molecule has 1 aliphatic rings. The number of carbonyl (C=O) groups excluding carboxylic acids is 2. The van der Waals surface area contributed by atoms with Gasteiger partial charge in [0.1, 0.15) is 0 Å². The third-order valence-corrected chi connectivity index (χ3v) is 3.94. The molecule has 0 aliphatic carbocycles. The molecule has 3 rings (SSSR count). The molecular formula is C14H13N3O2S. The zero-order chi connectivity index (χ0) is 13.9. The van der Waals surface area contributed by atoms with E-state index in [1.54, 1.807) is 29.7 Å². The van der Waals surface area contributed by atoms with Crippen molar-refractivity contribution in [3.63, 3.8) is 0 Å². The normalized spacial score (nSPS) is 12.9. The third-order valence-electron chi connectivity index (χ3n) is 3.11. The number of benzene rings is 1. The monoisotopic (exact) mass is 287 g/mol. The van der Waals surface area contributed by atoms with Crippen LogP contribution in [0.5, 0.6) is 0 Å². The van der Waals surface area contributed by atoms with Crippen LogP contribution < -0.4 is 10.6 Å². The second-order valence-corrected chi connectivity index (χ2v) is 5.51. The molecular weight excluding hydrogens is 274 g/mol. The van der Waals surface area contributed by atoms with Crippen LogP contribution in [0.4, 0.5) is 5.69 Å². The molecule has 1 aromatic carbocycles. The van der Waals surface area contributed by atoms with E-state index in [-0.39, 0.29) is 11.8 Å². The van der Waals surface area contributed by atoms with Crippen LogP contribution in [0.15, 0.2) is 29.8 Å². The average Bonchev–Trinajstić information content (AvgIpc) is 3.05. The number of fused-ring (bicyclic) bond motifs is 1. The summed E-state index contributed by atoms with van der Waals surface area (Å²) in [5.41, 5.74) is 2.24. The van der Waals surface area contributed by atoms with Crippen LogP contribution in [-0.2, 0) is 17.6 Å². The summed E-state index contributed by atoms with van der Waals surface area (Å²) in [6, 6.07) is 5.29. The highest BCUT2D eigenvalue weighted by atomic mass is 32.1. The number of anilines is 1. The van der Waals surface area contributed by atoms with Gasteiger partial charge >= 0.3 is 0 Å². The first-order valence-electron chi connectivity index (χ1n) is 6.32. The van der Waals surface area contributed by atoms with Gasteiger partial charge in [-0.1, -0.05) is 6.07 Å². The summed E-state index contributed by atoms with van der Waals surface area (Å²) in [6.07, 6.45) is 2.87. The van der Waals surface area contributed by atoms with E-state index in [1.165, 1.54) is 0 Å². The van der Waals surface area contributed by atoms with E-state index in [9.17, 15) is 9.59 Å². The molecule has 0 radical (unpaired) electrons. The maximum Gasteiger partial charge on any atom is 0.251 e. The van der Waals surface area contributed by atoms with Gasteiger partial charge in [0.05, 0.1) is 11.4 Å². The molecule has 102 valence electrons. The smallest absolute Gasteiger partial charge is 0.251 e. The second-order valence-electron chi connectivity index (χ2n) is 4.53. The van der Waals surface area contributed by atoms with Gasteiger partial charge in [-0.2, -0.15) is 0 Å². The van der Waals surface area contributed by atoms with Crippen molar-refractivity contribution < 1.29 is 9.59 Å². The van der Waals surface area contributed by atoms with Crippen molar-refractivity contribution in [3.05, 3.63) is 45.9 Å². The Labute approximate surface area is 120 Å². The Morgan fingerprint density at radius 3 is 3.15 bits per heavy atom. The molecule has 0 unspecified atom stereocenters. The van der Waals surface area contributed by atoms with Gasteiger partial charge in [-0.15, -0.1) is 11.3 Å². The van der Waals surface area contributed by atoms with Crippen LogP contribution in [0.1, 0.15) is 20.9 Å². The average molecular weight is 287 g/mol. The van der Waals surface area contributed by atoms with Crippen molar-refractivity contribution in [2.75, 3.05) is 11.9 Å². The van der Waals surface area contributed by atoms with E-state index in [0.29, 0.717) is 18.5 Å². The highest BCUT2D eigenvalue weighted by molar-refractivity contribution is 7.09. The number of nitrogens with one attached hydrogen (secondary N) is 2. The summed E-state index contributed by atoms with van der Waals surface area (Å²) in [6.45, 7) is 0.551. The predicted octanol–water partition coefficient (Wildman–Crippen LogP) is 1.61. The lowest BCUT2D eigenvalue weighted by atomic mass is 10.1. The lowest BCUT2D eigenvalue weighted by molar-refractivity contribution is -0.115. The first-order valence-corrected chi connectivity index (χ1v) is 7.20. The van der Waals surface area contributed by atoms with Crippen LogP contribution in [0, 0.1) is 0 Å². The molecule has 2 amide bonds. The van der Waals surface area contributed by atoms with Gasteiger partial charge < -0.3 is 10.6 Å². The van der Waals surface area contributed by atoms with Crippen LogP contribution in [0.25, 0.3) is 0 Å². The number of rotatable bonds is 4. The highest BCUT2D eigenvalue weighted by Gasteiger charge is 2.18. The molecule has 0 saturated heterocycles. The standard InChI is InChI=1S/C14H13N3O2S/c18-12-8-9-1-2-10(7-11(9)17-12)14(19)16-4-3-13-15-5-6-20-13/h1-2,5-7H,3-4,8H2,(H,16,19)(H,17,18). The van der Waals surface area contributed by atoms with Crippen molar-refractivity contribution in [2.45, 2.75) is 12.8 Å². The van der Waals surface area contributed by atoms with Crippen LogP contribution in [0.2, 0.25) is 0 Å². The first-order chi connectivity index (χ1) is 9.72. The van der Waals surface area contributed by atoms with Gasteiger partial charge in [-0.05, 0) is 17.7 Å². The summed E-state index contributed by atoms with van der Waals surface area (Å²) in [5.74, 6) is -0.160. The fourth-order valence-electron chi connectivity index (χ4n) is 2.12. The third kappa shape index (κ3) is 2.70. The summed E-state index contributed by atoms with van der Waals surface area (Å²) in [7, 11) is 0. The minimum absolute atomic E-state index is 0.0265. The van der Waals surface area contributed by atoms with E-state index in [4.69, 9.17) is 0 Å². The minimum Gasteiger partial charge on any atom is -0.352 e. The zero-order valence-electron chi connectivity index (χ0n) is 10.7. The van der Waals surface area contributed by atoms with E-state index in [1.807, 2.05) is 11.4 Å². The van der Waals surface area contributed by atoms with E-state index in [0.717, 1.165) is 22.7 Å². The minimum atomic E-state index is -0.134. The van der Waals surface area contributed by atoms with Gasteiger partial charge in [-0.3, -0.25) is 9.59 Å². The van der Waals surface area contributed by atoms with Gasteiger partial charge in [-0.25, -0.2) is 4.98 Å². The molecule has 2 N–H and O–H groups in total. The Balaban J connectivity index is 1.60. The SMILES string of the molecule is O=C1Cc2ccc(C(=O)NCCc3nccs3)cc2N1. The van der Waals surface area contributed by atoms with E-state index < -0.39 is 0 Å². The Morgan fingerprint density at radius 2 is 2.35 bits per heavy atom. The van der Waals surface area contributed by atoms with Gasteiger partial charge in [0, 0.05) is 35.8 Å². The lowest BCUT2D eigenvalue weighted by Gasteiger charge is -2.06. The molecule has 1 aliphatic heterocycles. The van der Waals surface area contributed by atoms with Crippen molar-refractivity contribution >= 4 is 28.8 Å². The molecule has 5 nitrogen and oxygen atoms in total. The lowest BCUT2D eigenvalue weighted by Crippen LogP contribution is -2.25. The maximum atomic E-state index is 12.0. The zero-order valence-corrected chi connectivity index (χ0v) is 11.5. The molecule has 0 fully saturated rings. The quantitative estimate of drug-likeness (QED) is 0.897. The van der Waals surface area contributed by atoms with Gasteiger partial charge in [0.2, 0.25) is 5.91 Å². The molecule has 6 heteroatoms. The number of hydrogen-bond acceptors (Lipinski definition) is 4. The Kier molecular flexibility index (Phi) is 3.47. The van der Waals surface area contributed by atoms with Crippen molar-refractivity contribution in [2.24, 2.45) is 0 Å². The van der Waals surface area contributed by atoms with Gasteiger partial charge in [0.25, 0.3) is 5.91 Å². The number of thiazole rings is 1. The van der Waals surface area contributed by atoms with Crippen molar-refractivity contribution in [1.29, 1.82) is 0 Å². The van der Waals surface area contributed by atoms with E-state index >= 15 is 0 Å².